The molecule has 112 valence electrons. The quantitative estimate of drug-likeness (QED) is 0.784. The minimum Gasteiger partial charge on any atom is -0.465 e. The van der Waals surface area contributed by atoms with Crippen molar-refractivity contribution in [2.75, 3.05) is 20.3 Å². The Kier molecular flexibility index (Phi) is 5.61. The molecule has 0 bridgehead atoms. The molecule has 1 fully saturated rings. The van der Waals surface area contributed by atoms with Crippen LogP contribution in [-0.2, 0) is 14.3 Å². The van der Waals surface area contributed by atoms with Crippen LogP contribution >= 0.6 is 0 Å². The Morgan fingerprint density at radius 3 is 2.68 bits per heavy atom. The lowest BCUT2D eigenvalue weighted by Crippen LogP contribution is -2.55. The third-order valence-electron chi connectivity index (χ3n) is 3.33. The average molecular weight is 283 g/mol. The lowest BCUT2D eigenvalue weighted by molar-refractivity contribution is -0.191. The topological polar surface area (TPSA) is 47.6 Å². The molecule has 0 spiro atoms. The fourth-order valence-electron chi connectivity index (χ4n) is 2.36. The molecule has 19 heavy (non-hydrogen) atoms. The Bertz CT molecular complexity index is 309. The van der Waals surface area contributed by atoms with Crippen molar-refractivity contribution < 1.29 is 27.4 Å². The first-order chi connectivity index (χ1) is 8.83. The summed E-state index contributed by atoms with van der Waals surface area (Å²) in [5.74, 6) is -0.419. The predicted octanol–water partition coefficient (Wildman–Crippen LogP) is 2.03. The predicted molar refractivity (Wildman–Crippen MR) is 62.7 cm³/mol. The average Bonchev–Trinajstić information content (AvgIpc) is 2.36. The van der Waals surface area contributed by atoms with E-state index < -0.39 is 30.4 Å². The Labute approximate surface area is 110 Å². The normalized spacial score (nSPS) is 28.2. The van der Waals surface area contributed by atoms with Crippen LogP contribution in [-0.4, -0.2) is 44.0 Å². The number of carbonyl (C=O) groups is 1. The molecule has 1 aliphatic carbocycles. The highest BCUT2D eigenvalue weighted by Crippen LogP contribution is 2.32. The molecule has 0 aromatic carbocycles. The summed E-state index contributed by atoms with van der Waals surface area (Å²) in [5, 5.41) is 2.89. The van der Waals surface area contributed by atoms with Gasteiger partial charge in [0.1, 0.15) is 12.1 Å². The Hall–Kier alpha value is -0.820. The van der Waals surface area contributed by atoms with Gasteiger partial charge in [-0.15, -0.1) is 0 Å². The molecule has 0 radical (unpaired) electrons. The molecule has 7 heteroatoms. The first kappa shape index (κ1) is 16.2. The second-order valence-electron chi connectivity index (χ2n) is 4.70. The Morgan fingerprint density at radius 2 is 2.16 bits per heavy atom. The first-order valence-electron chi connectivity index (χ1n) is 6.37. The molecule has 0 aromatic rings. The molecule has 0 amide bonds. The van der Waals surface area contributed by atoms with Gasteiger partial charge in [0.05, 0.1) is 12.7 Å². The summed E-state index contributed by atoms with van der Waals surface area (Å²) in [5.41, 5.74) is -0.926. The van der Waals surface area contributed by atoms with E-state index in [1.807, 2.05) is 0 Å². The fourth-order valence-corrected chi connectivity index (χ4v) is 2.36. The van der Waals surface area contributed by atoms with Crippen molar-refractivity contribution in [2.45, 2.75) is 50.4 Å². The van der Waals surface area contributed by atoms with Gasteiger partial charge >= 0.3 is 12.1 Å². The van der Waals surface area contributed by atoms with E-state index in [0.717, 1.165) is 0 Å². The summed E-state index contributed by atoms with van der Waals surface area (Å²) in [6.45, 7) is 0.665. The van der Waals surface area contributed by atoms with Crippen LogP contribution in [0.3, 0.4) is 0 Å². The van der Waals surface area contributed by atoms with Gasteiger partial charge in [-0.25, -0.2) is 0 Å². The SMILES string of the molecule is CCOC(=O)C1(NC)CCCC(OCC(F)(F)F)C1. The lowest BCUT2D eigenvalue weighted by Gasteiger charge is -2.38. The molecule has 2 atom stereocenters. The zero-order valence-corrected chi connectivity index (χ0v) is 11.2. The number of rotatable bonds is 5. The first-order valence-corrected chi connectivity index (χ1v) is 6.37. The van der Waals surface area contributed by atoms with Gasteiger partial charge in [0.25, 0.3) is 0 Å². The van der Waals surface area contributed by atoms with E-state index in [1.165, 1.54) is 0 Å². The molecule has 1 aliphatic rings. The van der Waals surface area contributed by atoms with Gasteiger partial charge in [0.2, 0.25) is 0 Å². The minimum atomic E-state index is -4.34. The van der Waals surface area contributed by atoms with E-state index in [-0.39, 0.29) is 13.0 Å². The Balaban J connectivity index is 2.62. The summed E-state index contributed by atoms with van der Waals surface area (Å²) >= 11 is 0. The van der Waals surface area contributed by atoms with Crippen LogP contribution in [0.5, 0.6) is 0 Å². The maximum atomic E-state index is 12.1. The molecule has 1 rings (SSSR count). The number of likely N-dealkylation sites (N-methyl/N-ethyl adjacent to an activating group) is 1. The standard InChI is InChI=1S/C12H20F3NO3/c1-3-18-10(17)11(16-2)6-4-5-9(7-11)19-8-12(13,14)15/h9,16H,3-8H2,1-2H3. The molecule has 1 saturated carbocycles. The number of hydrogen-bond donors (Lipinski definition) is 1. The number of nitrogens with one attached hydrogen (secondary N) is 1. The van der Waals surface area contributed by atoms with E-state index in [9.17, 15) is 18.0 Å². The highest BCUT2D eigenvalue weighted by atomic mass is 19.4. The van der Waals surface area contributed by atoms with Crippen LogP contribution in [0.25, 0.3) is 0 Å². The molecule has 0 heterocycles. The van der Waals surface area contributed by atoms with E-state index in [0.29, 0.717) is 19.3 Å². The molecule has 0 aliphatic heterocycles. The van der Waals surface area contributed by atoms with E-state index in [2.05, 4.69) is 5.32 Å². The van der Waals surface area contributed by atoms with Gasteiger partial charge in [-0.1, -0.05) is 0 Å². The van der Waals surface area contributed by atoms with Gasteiger partial charge in [0, 0.05) is 6.42 Å². The molecule has 2 unspecified atom stereocenters. The molecule has 1 N–H and O–H groups in total. The molecular weight excluding hydrogens is 263 g/mol. The zero-order valence-electron chi connectivity index (χ0n) is 11.2. The van der Waals surface area contributed by atoms with E-state index in [1.54, 1.807) is 14.0 Å². The molecular formula is C12H20F3NO3. The van der Waals surface area contributed by atoms with Gasteiger partial charge in [-0.3, -0.25) is 4.79 Å². The van der Waals surface area contributed by atoms with Gasteiger partial charge in [0.15, 0.2) is 0 Å². The highest BCUT2D eigenvalue weighted by molar-refractivity contribution is 5.81. The zero-order chi connectivity index (χ0) is 14.5. The number of carbonyl (C=O) groups excluding carboxylic acids is 1. The van der Waals surface area contributed by atoms with E-state index >= 15 is 0 Å². The maximum absolute atomic E-state index is 12.1. The number of ether oxygens (including phenoxy) is 2. The van der Waals surface area contributed by atoms with Gasteiger partial charge in [-0.2, -0.15) is 13.2 Å². The summed E-state index contributed by atoms with van der Waals surface area (Å²) in [6, 6.07) is 0. The van der Waals surface area contributed by atoms with Crippen LogP contribution < -0.4 is 5.32 Å². The van der Waals surface area contributed by atoms with Crippen molar-refractivity contribution in [3.05, 3.63) is 0 Å². The van der Waals surface area contributed by atoms with Crippen molar-refractivity contribution in [1.82, 2.24) is 5.32 Å². The summed E-state index contributed by atoms with van der Waals surface area (Å²) in [7, 11) is 1.61. The van der Waals surface area contributed by atoms with Crippen molar-refractivity contribution in [3.8, 4) is 0 Å². The number of alkyl halides is 3. The van der Waals surface area contributed by atoms with Crippen LogP contribution in [0.15, 0.2) is 0 Å². The highest BCUT2D eigenvalue weighted by Gasteiger charge is 2.44. The van der Waals surface area contributed by atoms with Crippen LogP contribution in [0.1, 0.15) is 32.6 Å². The van der Waals surface area contributed by atoms with Gasteiger partial charge < -0.3 is 14.8 Å². The maximum Gasteiger partial charge on any atom is 0.411 e. The van der Waals surface area contributed by atoms with Gasteiger partial charge in [-0.05, 0) is 33.2 Å². The monoisotopic (exact) mass is 283 g/mol. The number of halogens is 3. The molecule has 4 nitrogen and oxygen atoms in total. The van der Waals surface area contributed by atoms with Crippen LogP contribution in [0, 0.1) is 0 Å². The van der Waals surface area contributed by atoms with Crippen molar-refractivity contribution >= 4 is 5.97 Å². The second kappa shape index (κ2) is 6.56. The lowest BCUT2D eigenvalue weighted by atomic mass is 9.80. The second-order valence-corrected chi connectivity index (χ2v) is 4.70. The largest absolute Gasteiger partial charge is 0.465 e. The van der Waals surface area contributed by atoms with Crippen molar-refractivity contribution in [1.29, 1.82) is 0 Å². The molecule has 0 saturated heterocycles. The number of hydrogen-bond acceptors (Lipinski definition) is 4. The smallest absolute Gasteiger partial charge is 0.411 e. The summed E-state index contributed by atoms with van der Waals surface area (Å²) in [6.07, 6.45) is -3.01. The fraction of sp³-hybridized carbons (Fsp3) is 0.917. The third-order valence-corrected chi connectivity index (χ3v) is 3.33. The van der Waals surface area contributed by atoms with Crippen LogP contribution in [0.2, 0.25) is 0 Å². The molecule has 0 aromatic heterocycles. The van der Waals surface area contributed by atoms with Crippen molar-refractivity contribution in [2.24, 2.45) is 0 Å². The minimum absolute atomic E-state index is 0.207. The number of esters is 1. The summed E-state index contributed by atoms with van der Waals surface area (Å²) < 4.78 is 46.2. The third kappa shape index (κ3) is 4.65. The Morgan fingerprint density at radius 1 is 1.47 bits per heavy atom. The van der Waals surface area contributed by atoms with E-state index in [4.69, 9.17) is 9.47 Å². The van der Waals surface area contributed by atoms with Crippen molar-refractivity contribution in [3.63, 3.8) is 0 Å². The van der Waals surface area contributed by atoms with Crippen LogP contribution in [0.4, 0.5) is 13.2 Å². The summed E-state index contributed by atoms with van der Waals surface area (Å²) in [4.78, 5) is 11.9.